The van der Waals surface area contributed by atoms with Gasteiger partial charge in [-0.05, 0) is 169 Å². The van der Waals surface area contributed by atoms with Crippen molar-refractivity contribution < 1.29 is 0 Å². The summed E-state index contributed by atoms with van der Waals surface area (Å²) in [4.78, 5) is 0. The minimum atomic E-state index is 1.21. The zero-order chi connectivity index (χ0) is 41.0. The minimum Gasteiger partial charge on any atom is -0.0622 e. The van der Waals surface area contributed by atoms with E-state index in [1.165, 1.54) is 121 Å². The Hall–Kier alpha value is -8.06. The second-order valence-corrected chi connectivity index (χ2v) is 16.4. The largest absolute Gasteiger partial charge is 0.0622 e. The highest BCUT2D eigenvalue weighted by atomic mass is 14.2. The van der Waals surface area contributed by atoms with E-state index in [0.29, 0.717) is 0 Å². The maximum absolute atomic E-state index is 2.43. The van der Waals surface area contributed by atoms with Crippen LogP contribution in [-0.4, -0.2) is 0 Å². The first-order chi connectivity index (χ1) is 30.7. The van der Waals surface area contributed by atoms with Crippen LogP contribution in [0.1, 0.15) is 0 Å². The van der Waals surface area contributed by atoms with E-state index in [1.54, 1.807) is 0 Å². The Balaban J connectivity index is 1.09. The molecule has 0 amide bonds. The van der Waals surface area contributed by atoms with Crippen molar-refractivity contribution in [1.29, 1.82) is 0 Å². The van der Waals surface area contributed by atoms with Gasteiger partial charge in [0.05, 0.1) is 0 Å². The summed E-state index contributed by atoms with van der Waals surface area (Å²) in [6.45, 7) is 0. The molecule has 62 heavy (non-hydrogen) atoms. The fourth-order valence-electron chi connectivity index (χ4n) is 9.81. The van der Waals surface area contributed by atoms with Crippen molar-refractivity contribution in [3.05, 3.63) is 243 Å². The molecule has 0 nitrogen and oxygen atoms in total. The molecule has 12 aromatic carbocycles. The van der Waals surface area contributed by atoms with E-state index in [-0.39, 0.29) is 0 Å². The van der Waals surface area contributed by atoms with Gasteiger partial charge in [-0.3, -0.25) is 0 Å². The lowest BCUT2D eigenvalue weighted by Gasteiger charge is -2.18. The lowest BCUT2D eigenvalue weighted by atomic mass is 9.85. The van der Waals surface area contributed by atoms with E-state index < -0.39 is 0 Å². The van der Waals surface area contributed by atoms with Gasteiger partial charge in [-0.15, -0.1) is 0 Å². The van der Waals surface area contributed by atoms with Gasteiger partial charge in [0.15, 0.2) is 0 Å². The Bertz CT molecular complexity index is 3280. The molecule has 288 valence electrons. The normalized spacial score (nSPS) is 11.5. The van der Waals surface area contributed by atoms with Crippen molar-refractivity contribution >= 4 is 53.9 Å². The van der Waals surface area contributed by atoms with Crippen molar-refractivity contribution in [2.45, 2.75) is 0 Å². The summed E-state index contributed by atoms with van der Waals surface area (Å²) in [7, 11) is 0. The van der Waals surface area contributed by atoms with Crippen molar-refractivity contribution in [3.63, 3.8) is 0 Å². The van der Waals surface area contributed by atoms with E-state index in [2.05, 4.69) is 243 Å². The Morgan fingerprint density at radius 3 is 0.677 bits per heavy atom. The fourth-order valence-corrected chi connectivity index (χ4v) is 9.81. The molecule has 0 aliphatic carbocycles. The van der Waals surface area contributed by atoms with Crippen LogP contribution in [0.4, 0.5) is 0 Å². The van der Waals surface area contributed by atoms with E-state index in [0.717, 1.165) is 0 Å². The minimum absolute atomic E-state index is 1.21. The van der Waals surface area contributed by atoms with Crippen molar-refractivity contribution in [3.8, 4) is 66.8 Å². The van der Waals surface area contributed by atoms with Crippen LogP contribution in [0.5, 0.6) is 0 Å². The molecule has 12 aromatic rings. The maximum Gasteiger partial charge on any atom is -0.00139 e. The molecule has 0 saturated heterocycles. The van der Waals surface area contributed by atoms with Gasteiger partial charge in [-0.25, -0.2) is 0 Å². The quantitative estimate of drug-likeness (QED) is 0.147. The molecule has 0 heteroatoms. The summed E-state index contributed by atoms with van der Waals surface area (Å²) < 4.78 is 0. The van der Waals surface area contributed by atoms with Crippen LogP contribution < -0.4 is 0 Å². The first-order valence-electron chi connectivity index (χ1n) is 21.5. The number of fused-ring (bicyclic) bond motifs is 11. The highest BCUT2D eigenvalue weighted by Gasteiger charge is 2.18. The Kier molecular flexibility index (Phi) is 8.61. The van der Waals surface area contributed by atoms with Crippen LogP contribution in [0.3, 0.4) is 0 Å². The van der Waals surface area contributed by atoms with Gasteiger partial charge in [0.1, 0.15) is 0 Å². The molecular formula is C62H40. The summed E-state index contributed by atoms with van der Waals surface area (Å²) in [6.07, 6.45) is 0. The number of hydrogen-bond acceptors (Lipinski definition) is 0. The van der Waals surface area contributed by atoms with Crippen LogP contribution in [0.2, 0.25) is 0 Å². The molecule has 0 fully saturated rings. The second kappa shape index (κ2) is 14.9. The van der Waals surface area contributed by atoms with Crippen molar-refractivity contribution in [2.24, 2.45) is 0 Å². The van der Waals surface area contributed by atoms with Gasteiger partial charge >= 0.3 is 0 Å². The average molecular weight is 785 g/mol. The Labute approximate surface area is 361 Å². The van der Waals surface area contributed by atoms with Crippen LogP contribution in [0.25, 0.3) is 121 Å². The van der Waals surface area contributed by atoms with Gasteiger partial charge < -0.3 is 0 Å². The molecule has 0 spiro atoms. The Morgan fingerprint density at radius 1 is 0.129 bits per heavy atom. The summed E-state index contributed by atoms with van der Waals surface area (Å²) in [5.41, 5.74) is 14.5. The molecule has 0 aliphatic heterocycles. The van der Waals surface area contributed by atoms with Crippen LogP contribution in [-0.2, 0) is 0 Å². The third-order valence-electron chi connectivity index (χ3n) is 12.8. The summed E-state index contributed by atoms with van der Waals surface area (Å²) in [6, 6.07) is 89.4. The number of hydrogen-bond donors (Lipinski definition) is 0. The zero-order valence-electron chi connectivity index (χ0n) is 34.1. The van der Waals surface area contributed by atoms with Gasteiger partial charge in [0, 0.05) is 0 Å². The molecule has 0 heterocycles. The van der Waals surface area contributed by atoms with Crippen LogP contribution in [0, 0.1) is 0 Å². The molecule has 0 radical (unpaired) electrons. The maximum atomic E-state index is 2.43. The van der Waals surface area contributed by atoms with E-state index in [4.69, 9.17) is 0 Å². The van der Waals surface area contributed by atoms with Gasteiger partial charge in [0.2, 0.25) is 0 Å². The second-order valence-electron chi connectivity index (χ2n) is 16.4. The molecule has 12 rings (SSSR count). The topological polar surface area (TPSA) is 0 Å². The van der Waals surface area contributed by atoms with Crippen molar-refractivity contribution in [2.75, 3.05) is 0 Å². The van der Waals surface area contributed by atoms with E-state index in [9.17, 15) is 0 Å². The fraction of sp³-hybridized carbons (Fsp3) is 0. The van der Waals surface area contributed by atoms with Crippen LogP contribution >= 0.6 is 0 Å². The van der Waals surface area contributed by atoms with E-state index in [1.807, 2.05) is 0 Å². The molecule has 0 unspecified atom stereocenters. The molecule has 0 atom stereocenters. The highest BCUT2D eigenvalue weighted by Crippen LogP contribution is 2.46. The smallest absolute Gasteiger partial charge is 0.00139 e. The monoisotopic (exact) mass is 784 g/mol. The molecule has 0 N–H and O–H groups in total. The first-order valence-corrected chi connectivity index (χ1v) is 21.5. The summed E-state index contributed by atoms with van der Waals surface area (Å²) in [5.74, 6) is 0. The van der Waals surface area contributed by atoms with E-state index >= 15 is 0 Å². The number of rotatable bonds is 6. The number of benzene rings is 12. The first kappa shape index (κ1) is 35.8. The molecule has 0 saturated carbocycles. The van der Waals surface area contributed by atoms with Gasteiger partial charge in [-0.2, -0.15) is 0 Å². The summed E-state index contributed by atoms with van der Waals surface area (Å²) in [5, 5.41) is 12.8. The third-order valence-corrected chi connectivity index (χ3v) is 12.8. The highest BCUT2D eigenvalue weighted by molar-refractivity contribution is 6.39. The SMILES string of the molecule is c1ccc(-c2cc(-c3ccccc3)cc(-c3ccc4c(c3)c3ccccc3c3c5ccc(-c6cc(-c7ccccc7)cc(-c7ccccc7)c6)cc5c5ccccc5c43)c2)cc1. The predicted molar refractivity (Wildman–Crippen MR) is 267 cm³/mol. The van der Waals surface area contributed by atoms with Crippen LogP contribution in [0.15, 0.2) is 243 Å². The third kappa shape index (κ3) is 6.16. The lowest BCUT2D eigenvalue weighted by Crippen LogP contribution is -1.91. The average Bonchev–Trinajstić information content (AvgIpc) is 3.36. The standard InChI is InChI=1S/C62H40/c1-5-17-41(18-6-1)47-33-48(42-19-7-2-8-20-42)36-51(35-47)45-29-31-57-59(39-45)53-25-13-15-27-55(53)62-58-32-30-46(40-60(58)54-26-14-16-28-56(54)61(57)62)52-37-49(43-21-9-3-10-22-43)34-50(38-52)44-23-11-4-12-24-44/h1-40H. The van der Waals surface area contributed by atoms with Gasteiger partial charge in [-0.1, -0.05) is 194 Å². The molecule has 0 aromatic heterocycles. The molecular weight excluding hydrogens is 745 g/mol. The Morgan fingerprint density at radius 2 is 0.371 bits per heavy atom. The molecule has 0 aliphatic rings. The van der Waals surface area contributed by atoms with Gasteiger partial charge in [0.25, 0.3) is 0 Å². The zero-order valence-corrected chi connectivity index (χ0v) is 34.1. The summed E-state index contributed by atoms with van der Waals surface area (Å²) >= 11 is 0. The lowest BCUT2D eigenvalue weighted by molar-refractivity contribution is 1.57. The van der Waals surface area contributed by atoms with Crippen molar-refractivity contribution in [1.82, 2.24) is 0 Å². The molecule has 0 bridgehead atoms. The predicted octanol–water partition coefficient (Wildman–Crippen LogP) is 17.5.